The van der Waals surface area contributed by atoms with E-state index >= 15 is 0 Å². The second-order valence-electron chi connectivity index (χ2n) is 8.44. The summed E-state index contributed by atoms with van der Waals surface area (Å²) in [5.74, 6) is -1.62. The van der Waals surface area contributed by atoms with E-state index in [-0.39, 0.29) is 56.1 Å². The number of amides is 1. The molecule has 4 N–H and O–H groups in total. The Labute approximate surface area is 186 Å². The molecule has 0 saturated carbocycles. The van der Waals surface area contributed by atoms with Gasteiger partial charge in [0.1, 0.15) is 12.2 Å². The van der Waals surface area contributed by atoms with Crippen LogP contribution in [0, 0.1) is 0 Å². The minimum atomic E-state index is -1.15. The van der Waals surface area contributed by atoms with Crippen molar-refractivity contribution in [1.29, 1.82) is 0 Å². The summed E-state index contributed by atoms with van der Waals surface area (Å²) in [6.45, 7) is 5.63. The van der Waals surface area contributed by atoms with Crippen LogP contribution in [-0.2, 0) is 33.3 Å². The quantitative estimate of drug-likeness (QED) is 0.167. The number of ether oxygens (including phenoxy) is 4. The van der Waals surface area contributed by atoms with Gasteiger partial charge in [0.25, 0.3) is 0 Å². The Bertz CT molecular complexity index is 719. The number of carbonyl (C=O) groups is 3. The minimum absolute atomic E-state index is 0.0586. The van der Waals surface area contributed by atoms with Gasteiger partial charge in [-0.15, -0.1) is 0 Å². The van der Waals surface area contributed by atoms with Crippen LogP contribution in [0.4, 0.5) is 0 Å². The first-order chi connectivity index (χ1) is 15.0. The molecule has 2 heterocycles. The van der Waals surface area contributed by atoms with Crippen molar-refractivity contribution < 1.29 is 48.7 Å². The van der Waals surface area contributed by atoms with Crippen molar-refractivity contribution in [3.8, 4) is 0 Å². The molecule has 0 aliphatic carbocycles. The van der Waals surface area contributed by atoms with E-state index in [2.05, 4.69) is 10.1 Å². The average molecular weight is 459 g/mol. The summed E-state index contributed by atoms with van der Waals surface area (Å²) in [7, 11) is 0. The van der Waals surface area contributed by atoms with Crippen LogP contribution < -0.4 is 5.32 Å². The van der Waals surface area contributed by atoms with E-state index in [4.69, 9.17) is 14.2 Å². The minimum Gasteiger partial charge on any atom is -0.394 e. The molecule has 2 rings (SSSR count). The summed E-state index contributed by atoms with van der Waals surface area (Å²) in [6.07, 6.45) is -2.99. The molecule has 0 aromatic rings. The third-order valence-corrected chi connectivity index (χ3v) is 5.43. The lowest BCUT2D eigenvalue weighted by Gasteiger charge is -2.36. The zero-order valence-corrected chi connectivity index (χ0v) is 18.7. The molecule has 32 heavy (non-hydrogen) atoms. The number of hydrogen-bond acceptors (Lipinski definition) is 10. The summed E-state index contributed by atoms with van der Waals surface area (Å²) >= 11 is 0. The van der Waals surface area contributed by atoms with Crippen molar-refractivity contribution in [2.45, 2.75) is 76.7 Å². The van der Waals surface area contributed by atoms with E-state index in [9.17, 15) is 29.7 Å². The van der Waals surface area contributed by atoms with Gasteiger partial charge in [-0.05, 0) is 33.6 Å². The van der Waals surface area contributed by atoms with Gasteiger partial charge in [-0.1, -0.05) is 0 Å². The number of aliphatic hydroxyl groups excluding tert-OH is 3. The van der Waals surface area contributed by atoms with Crippen LogP contribution in [0.15, 0.2) is 11.1 Å². The number of esters is 2. The van der Waals surface area contributed by atoms with Gasteiger partial charge < -0.3 is 39.6 Å². The highest BCUT2D eigenvalue weighted by molar-refractivity contribution is 6.12. The Balaban J connectivity index is 1.60. The molecular weight excluding hydrogens is 426 g/mol. The molecule has 2 aliphatic heterocycles. The van der Waals surface area contributed by atoms with Crippen LogP contribution in [0.3, 0.4) is 0 Å². The highest BCUT2D eigenvalue weighted by Gasteiger charge is 2.37. The maximum atomic E-state index is 12.0. The van der Waals surface area contributed by atoms with E-state index in [1.165, 1.54) is 6.92 Å². The maximum absolute atomic E-state index is 12.0. The van der Waals surface area contributed by atoms with Crippen LogP contribution in [0.1, 0.15) is 46.5 Å². The predicted octanol–water partition coefficient (Wildman–Crippen LogP) is -0.686. The Hall–Kier alpha value is -1.89. The van der Waals surface area contributed by atoms with Crippen LogP contribution in [0.25, 0.3) is 0 Å². The fraction of sp³-hybridized carbons (Fsp3) is 0.762. The van der Waals surface area contributed by atoms with Crippen LogP contribution in [0.2, 0.25) is 0 Å². The molecule has 1 fully saturated rings. The van der Waals surface area contributed by atoms with Gasteiger partial charge in [0, 0.05) is 30.5 Å². The number of aliphatic hydroxyl groups is 3. The number of cyclic esters (lactones) is 2. The van der Waals surface area contributed by atoms with Crippen molar-refractivity contribution in [1.82, 2.24) is 5.32 Å². The smallest absolute Gasteiger partial charge is 0.342 e. The molecular formula is C21H33NO10. The second kappa shape index (κ2) is 11.8. The number of carbonyl (C=O) groups excluding carboxylic acids is 3. The van der Waals surface area contributed by atoms with E-state index in [0.29, 0.717) is 6.42 Å². The molecule has 2 aliphatic rings. The third kappa shape index (κ3) is 7.61. The summed E-state index contributed by atoms with van der Waals surface area (Å²) in [5.41, 5.74) is -0.0767. The largest absolute Gasteiger partial charge is 0.394 e. The lowest BCUT2D eigenvalue weighted by Crippen LogP contribution is -2.50. The van der Waals surface area contributed by atoms with Crippen molar-refractivity contribution in [3.63, 3.8) is 0 Å². The molecule has 11 nitrogen and oxygen atoms in total. The van der Waals surface area contributed by atoms with Crippen LogP contribution in [0.5, 0.6) is 0 Å². The predicted molar refractivity (Wildman–Crippen MR) is 109 cm³/mol. The van der Waals surface area contributed by atoms with Crippen molar-refractivity contribution in [2.75, 3.05) is 26.4 Å². The standard InChI is InChI=1S/C21H33NO10/c1-12-13(20(28)32-19(12)27)4-5-16(25)22-7-9-30-21(2,3)6-8-29-17-10-14(24)18(26)15(11-23)31-17/h14-15,17-18,23-24,26H,4-11H2,1-3H3,(H,22,25). The summed E-state index contributed by atoms with van der Waals surface area (Å²) in [6, 6.07) is 0. The molecule has 0 aromatic heterocycles. The normalized spacial score (nSPS) is 26.4. The fourth-order valence-corrected chi connectivity index (χ4v) is 3.31. The number of rotatable bonds is 12. The first-order valence-electron chi connectivity index (χ1n) is 10.6. The molecule has 1 amide bonds. The Kier molecular flexibility index (Phi) is 9.74. The highest BCUT2D eigenvalue weighted by Crippen LogP contribution is 2.23. The van der Waals surface area contributed by atoms with E-state index < -0.39 is 48.7 Å². The molecule has 0 spiro atoms. The molecule has 0 aromatic carbocycles. The lowest BCUT2D eigenvalue weighted by atomic mass is 10.0. The zero-order valence-electron chi connectivity index (χ0n) is 18.7. The van der Waals surface area contributed by atoms with Crippen molar-refractivity contribution in [3.05, 3.63) is 11.1 Å². The Morgan fingerprint density at radius 2 is 1.94 bits per heavy atom. The second-order valence-corrected chi connectivity index (χ2v) is 8.44. The Morgan fingerprint density at radius 1 is 1.22 bits per heavy atom. The molecule has 4 atom stereocenters. The highest BCUT2D eigenvalue weighted by atomic mass is 16.7. The van der Waals surface area contributed by atoms with Gasteiger partial charge in [-0.3, -0.25) is 4.79 Å². The zero-order chi connectivity index (χ0) is 23.9. The summed E-state index contributed by atoms with van der Waals surface area (Å²) in [4.78, 5) is 34.8. The fourth-order valence-electron chi connectivity index (χ4n) is 3.31. The topological polar surface area (TPSA) is 161 Å². The molecule has 4 unspecified atom stereocenters. The summed E-state index contributed by atoms with van der Waals surface area (Å²) < 4.78 is 21.3. The van der Waals surface area contributed by atoms with Crippen LogP contribution >= 0.6 is 0 Å². The van der Waals surface area contributed by atoms with Gasteiger partial charge in [-0.2, -0.15) is 0 Å². The van der Waals surface area contributed by atoms with E-state index in [1.54, 1.807) is 0 Å². The number of nitrogens with one attached hydrogen (secondary N) is 1. The SMILES string of the molecule is CC1=C(CCC(=O)NCCOC(C)(C)CCOC2CC(O)C(O)C(CO)O2)C(=O)OC1=O. The van der Waals surface area contributed by atoms with E-state index in [1.807, 2.05) is 13.8 Å². The molecule has 11 heteroatoms. The van der Waals surface area contributed by atoms with Gasteiger partial charge >= 0.3 is 11.9 Å². The Morgan fingerprint density at radius 3 is 2.56 bits per heavy atom. The monoisotopic (exact) mass is 459 g/mol. The molecule has 0 radical (unpaired) electrons. The van der Waals surface area contributed by atoms with Gasteiger partial charge in [0.15, 0.2) is 6.29 Å². The first kappa shape index (κ1) is 26.4. The third-order valence-electron chi connectivity index (χ3n) is 5.43. The van der Waals surface area contributed by atoms with Gasteiger partial charge in [-0.25, -0.2) is 9.59 Å². The number of hydrogen-bond donors (Lipinski definition) is 4. The van der Waals surface area contributed by atoms with Gasteiger partial charge in [0.2, 0.25) is 5.91 Å². The van der Waals surface area contributed by atoms with E-state index in [0.717, 1.165) is 0 Å². The van der Waals surface area contributed by atoms with Crippen molar-refractivity contribution in [2.24, 2.45) is 0 Å². The van der Waals surface area contributed by atoms with Crippen LogP contribution in [-0.4, -0.2) is 89.7 Å². The lowest BCUT2D eigenvalue weighted by molar-refractivity contribution is -0.258. The van der Waals surface area contributed by atoms with Crippen molar-refractivity contribution >= 4 is 17.8 Å². The molecule has 0 bridgehead atoms. The summed E-state index contributed by atoms with van der Waals surface area (Å²) in [5, 5.41) is 31.4. The average Bonchev–Trinajstić information content (AvgIpc) is 2.97. The molecule has 1 saturated heterocycles. The first-order valence-corrected chi connectivity index (χ1v) is 10.6. The molecule has 182 valence electrons. The maximum Gasteiger partial charge on any atom is 0.342 e. The van der Waals surface area contributed by atoms with Gasteiger partial charge in [0.05, 0.1) is 31.5 Å².